The summed E-state index contributed by atoms with van der Waals surface area (Å²) in [7, 11) is 1.35. The average molecular weight is 223 g/mol. The van der Waals surface area contributed by atoms with Gasteiger partial charge in [0.15, 0.2) is 0 Å². The fourth-order valence-corrected chi connectivity index (χ4v) is 1.54. The van der Waals surface area contributed by atoms with Crippen LogP contribution in [0.1, 0.15) is 25.0 Å². The van der Waals surface area contributed by atoms with E-state index in [4.69, 9.17) is 10.5 Å². The first-order chi connectivity index (χ1) is 7.30. The third-order valence-electron chi connectivity index (χ3n) is 2.75. The Kier molecular flexibility index (Phi) is 3.12. The molecule has 4 nitrogen and oxygen atoms in total. The molecule has 0 radical (unpaired) electrons. The molecule has 16 heavy (non-hydrogen) atoms. The number of carbonyl (C=O) groups excluding carboxylic acids is 1. The van der Waals surface area contributed by atoms with Crippen molar-refractivity contribution < 1.29 is 14.6 Å². The van der Waals surface area contributed by atoms with Crippen molar-refractivity contribution >= 4 is 11.7 Å². The predicted octanol–water partition coefficient (Wildman–Crippen LogP) is 1.73. The van der Waals surface area contributed by atoms with Gasteiger partial charge in [0, 0.05) is 0 Å². The van der Waals surface area contributed by atoms with Gasteiger partial charge in [0.1, 0.15) is 5.75 Å². The lowest BCUT2D eigenvalue weighted by Crippen LogP contribution is -2.30. The van der Waals surface area contributed by atoms with Crippen LogP contribution in [0.4, 0.5) is 5.69 Å². The number of nitrogen functional groups attached to an aromatic ring is 1. The molecule has 0 bridgehead atoms. The zero-order valence-electron chi connectivity index (χ0n) is 10.00. The Morgan fingerprint density at radius 2 is 2.00 bits per heavy atom. The van der Waals surface area contributed by atoms with E-state index in [9.17, 15) is 9.90 Å². The molecule has 4 heteroatoms. The zero-order valence-corrected chi connectivity index (χ0v) is 10.00. The number of hydrogen-bond acceptors (Lipinski definition) is 4. The van der Waals surface area contributed by atoms with Gasteiger partial charge in [-0.25, -0.2) is 0 Å². The smallest absolute Gasteiger partial charge is 0.315 e. The summed E-state index contributed by atoms with van der Waals surface area (Å²) in [5.74, 6) is -0.276. The van der Waals surface area contributed by atoms with Crippen LogP contribution in [0.25, 0.3) is 0 Å². The minimum Gasteiger partial charge on any atom is -0.506 e. The molecule has 0 unspecified atom stereocenters. The van der Waals surface area contributed by atoms with Crippen LogP contribution in [-0.2, 0) is 14.9 Å². The summed E-state index contributed by atoms with van der Waals surface area (Å²) in [5, 5.41) is 9.55. The highest BCUT2D eigenvalue weighted by Gasteiger charge is 2.31. The number of nitrogens with two attached hydrogens (primary N) is 1. The first-order valence-corrected chi connectivity index (χ1v) is 4.98. The van der Waals surface area contributed by atoms with Crippen molar-refractivity contribution in [2.24, 2.45) is 0 Å². The van der Waals surface area contributed by atoms with Gasteiger partial charge in [-0.3, -0.25) is 4.79 Å². The number of phenolic OH excluding ortho intramolecular Hbond substituents is 1. The number of carbonyl (C=O) groups is 1. The second-order valence-corrected chi connectivity index (χ2v) is 4.35. The Morgan fingerprint density at radius 1 is 1.44 bits per heavy atom. The molecule has 0 heterocycles. The van der Waals surface area contributed by atoms with Crippen molar-refractivity contribution in [2.75, 3.05) is 12.8 Å². The van der Waals surface area contributed by atoms with Crippen LogP contribution < -0.4 is 5.73 Å². The van der Waals surface area contributed by atoms with Gasteiger partial charge in [0.05, 0.1) is 18.2 Å². The summed E-state index contributed by atoms with van der Waals surface area (Å²) >= 11 is 0. The van der Waals surface area contributed by atoms with Crippen molar-refractivity contribution in [2.45, 2.75) is 26.2 Å². The van der Waals surface area contributed by atoms with E-state index in [1.807, 2.05) is 0 Å². The number of anilines is 1. The van der Waals surface area contributed by atoms with Crippen LogP contribution in [0.3, 0.4) is 0 Å². The number of aromatic hydroxyl groups is 1. The van der Waals surface area contributed by atoms with E-state index in [1.165, 1.54) is 7.11 Å². The first kappa shape index (κ1) is 12.4. The highest BCUT2D eigenvalue weighted by atomic mass is 16.5. The molecule has 0 saturated carbocycles. The summed E-state index contributed by atoms with van der Waals surface area (Å²) in [6, 6.07) is 3.34. The standard InChI is InChI=1S/C12H17NO3/c1-7-5-8(6-9(13)10(7)14)12(2,3)11(15)16-4/h5-6,14H,13H2,1-4H3. The Labute approximate surface area is 95.0 Å². The van der Waals surface area contributed by atoms with Crippen LogP contribution >= 0.6 is 0 Å². The molecule has 1 aromatic carbocycles. The molecule has 0 aliphatic rings. The second-order valence-electron chi connectivity index (χ2n) is 4.35. The van der Waals surface area contributed by atoms with Crippen molar-refractivity contribution in [3.05, 3.63) is 23.3 Å². The maximum absolute atomic E-state index is 11.6. The number of methoxy groups -OCH3 is 1. The minimum atomic E-state index is -0.776. The number of rotatable bonds is 2. The van der Waals surface area contributed by atoms with Gasteiger partial charge in [-0.05, 0) is 38.0 Å². The van der Waals surface area contributed by atoms with E-state index in [2.05, 4.69) is 0 Å². The molecule has 1 rings (SSSR count). The number of aryl methyl sites for hydroxylation is 1. The van der Waals surface area contributed by atoms with Crippen LogP contribution in [0.15, 0.2) is 12.1 Å². The molecular weight excluding hydrogens is 206 g/mol. The van der Waals surface area contributed by atoms with Crippen molar-refractivity contribution in [3.8, 4) is 5.75 Å². The van der Waals surface area contributed by atoms with Crippen molar-refractivity contribution in [1.29, 1.82) is 0 Å². The molecule has 0 saturated heterocycles. The molecule has 0 spiro atoms. The van der Waals surface area contributed by atoms with E-state index in [-0.39, 0.29) is 17.4 Å². The monoisotopic (exact) mass is 223 g/mol. The van der Waals surface area contributed by atoms with Gasteiger partial charge in [-0.1, -0.05) is 6.07 Å². The van der Waals surface area contributed by atoms with Crippen molar-refractivity contribution in [1.82, 2.24) is 0 Å². The van der Waals surface area contributed by atoms with Gasteiger partial charge in [0.25, 0.3) is 0 Å². The molecule has 0 aromatic heterocycles. The Morgan fingerprint density at radius 3 is 2.44 bits per heavy atom. The number of hydrogen-bond donors (Lipinski definition) is 2. The fraction of sp³-hybridized carbons (Fsp3) is 0.417. The molecule has 3 N–H and O–H groups in total. The first-order valence-electron chi connectivity index (χ1n) is 4.98. The lowest BCUT2D eigenvalue weighted by atomic mass is 9.83. The van der Waals surface area contributed by atoms with Crippen molar-refractivity contribution in [3.63, 3.8) is 0 Å². The molecule has 0 fully saturated rings. The summed E-state index contributed by atoms with van der Waals surface area (Å²) in [5.41, 5.74) is 6.53. The van der Waals surface area contributed by atoms with E-state index in [0.717, 1.165) is 5.56 Å². The van der Waals surface area contributed by atoms with Crippen LogP contribution in [0.5, 0.6) is 5.75 Å². The maximum atomic E-state index is 11.6. The van der Waals surface area contributed by atoms with Crippen LogP contribution in [-0.4, -0.2) is 18.2 Å². The van der Waals surface area contributed by atoms with E-state index < -0.39 is 5.41 Å². The predicted molar refractivity (Wildman–Crippen MR) is 62.3 cm³/mol. The normalized spacial score (nSPS) is 11.2. The fourth-order valence-electron chi connectivity index (χ4n) is 1.54. The Hall–Kier alpha value is -1.71. The summed E-state index contributed by atoms with van der Waals surface area (Å²) in [4.78, 5) is 11.6. The minimum absolute atomic E-state index is 0.0596. The van der Waals surface area contributed by atoms with Gasteiger partial charge in [-0.2, -0.15) is 0 Å². The van der Waals surface area contributed by atoms with E-state index in [1.54, 1.807) is 32.9 Å². The van der Waals surface area contributed by atoms with E-state index in [0.29, 0.717) is 5.56 Å². The summed E-state index contributed by atoms with van der Waals surface area (Å²) in [6.45, 7) is 5.25. The third kappa shape index (κ3) is 1.96. The molecule has 0 atom stereocenters. The molecule has 0 aliphatic heterocycles. The van der Waals surface area contributed by atoms with E-state index >= 15 is 0 Å². The number of esters is 1. The molecule has 0 aliphatic carbocycles. The molecule has 88 valence electrons. The lowest BCUT2D eigenvalue weighted by Gasteiger charge is -2.23. The molecule has 0 amide bonds. The maximum Gasteiger partial charge on any atom is 0.315 e. The second kappa shape index (κ2) is 4.04. The van der Waals surface area contributed by atoms with Gasteiger partial charge >= 0.3 is 5.97 Å². The Balaban J connectivity index is 3.29. The highest BCUT2D eigenvalue weighted by molar-refractivity contribution is 5.83. The number of ether oxygens (including phenoxy) is 1. The van der Waals surface area contributed by atoms with Crippen LogP contribution in [0, 0.1) is 6.92 Å². The van der Waals surface area contributed by atoms with Gasteiger partial charge in [0.2, 0.25) is 0 Å². The quantitative estimate of drug-likeness (QED) is 0.455. The topological polar surface area (TPSA) is 72.5 Å². The highest BCUT2D eigenvalue weighted by Crippen LogP contribution is 2.32. The third-order valence-corrected chi connectivity index (χ3v) is 2.75. The number of benzene rings is 1. The zero-order chi connectivity index (χ0) is 12.5. The van der Waals surface area contributed by atoms with Gasteiger partial charge in [-0.15, -0.1) is 0 Å². The summed E-state index contributed by atoms with van der Waals surface area (Å²) in [6.07, 6.45) is 0. The summed E-state index contributed by atoms with van der Waals surface area (Å²) < 4.78 is 4.74. The largest absolute Gasteiger partial charge is 0.506 e. The lowest BCUT2D eigenvalue weighted by molar-refractivity contribution is -0.146. The van der Waals surface area contributed by atoms with Crippen LogP contribution in [0.2, 0.25) is 0 Å². The molecule has 1 aromatic rings. The number of phenols is 1. The van der Waals surface area contributed by atoms with Gasteiger partial charge < -0.3 is 15.6 Å². The Bertz CT molecular complexity index is 401. The SMILES string of the molecule is COC(=O)C(C)(C)c1cc(C)c(O)c(N)c1. The molecular formula is C12H17NO3. The average Bonchev–Trinajstić information content (AvgIpc) is 2.23.